The molecule has 0 saturated carbocycles. The van der Waals surface area contributed by atoms with E-state index >= 15 is 0 Å². The highest BCUT2D eigenvalue weighted by molar-refractivity contribution is 7.80. The van der Waals surface area contributed by atoms with Gasteiger partial charge in [0, 0.05) is 12.0 Å². The van der Waals surface area contributed by atoms with E-state index in [-0.39, 0.29) is 5.91 Å². The van der Waals surface area contributed by atoms with Crippen LogP contribution >= 0.6 is 12.2 Å². The van der Waals surface area contributed by atoms with Crippen molar-refractivity contribution in [1.29, 1.82) is 0 Å². The van der Waals surface area contributed by atoms with E-state index in [0.717, 1.165) is 13.0 Å². The Morgan fingerprint density at radius 3 is 1.50 bits per heavy atom. The standard InChI is InChI=1S/C22H44N2OS/c1-5-6-7-8-9-10-11-12-13-14-15-16-17-18-19-23-21(26)24-20(25)22(2,3)4/h5-19H2,1-4H3,(H2,23,24,25,26). The second kappa shape index (κ2) is 16.5. The number of nitrogens with one attached hydrogen (secondary N) is 2. The van der Waals surface area contributed by atoms with E-state index < -0.39 is 5.41 Å². The van der Waals surface area contributed by atoms with Crippen LogP contribution in [0.3, 0.4) is 0 Å². The largest absolute Gasteiger partial charge is 0.362 e. The molecule has 0 saturated heterocycles. The zero-order valence-corrected chi connectivity index (χ0v) is 18.7. The van der Waals surface area contributed by atoms with Crippen molar-refractivity contribution in [2.24, 2.45) is 5.41 Å². The summed E-state index contributed by atoms with van der Waals surface area (Å²) in [4.78, 5) is 11.8. The summed E-state index contributed by atoms with van der Waals surface area (Å²) in [6.07, 6.45) is 19.1. The molecule has 0 aliphatic carbocycles. The smallest absolute Gasteiger partial charge is 0.231 e. The molecule has 4 heteroatoms. The van der Waals surface area contributed by atoms with Crippen molar-refractivity contribution in [2.75, 3.05) is 6.54 Å². The highest BCUT2D eigenvalue weighted by Gasteiger charge is 2.21. The van der Waals surface area contributed by atoms with Gasteiger partial charge in [-0.3, -0.25) is 4.79 Å². The number of hydrogen-bond donors (Lipinski definition) is 2. The molecular formula is C22H44N2OS. The molecule has 2 N–H and O–H groups in total. The molecule has 0 fully saturated rings. The van der Waals surface area contributed by atoms with E-state index in [1.807, 2.05) is 20.8 Å². The molecule has 0 atom stereocenters. The molecule has 0 unspecified atom stereocenters. The average Bonchev–Trinajstić information content (AvgIpc) is 2.57. The molecule has 154 valence electrons. The van der Waals surface area contributed by atoms with Crippen LogP contribution in [0.15, 0.2) is 0 Å². The van der Waals surface area contributed by atoms with Gasteiger partial charge in [0.2, 0.25) is 5.91 Å². The lowest BCUT2D eigenvalue weighted by Crippen LogP contribution is -2.44. The van der Waals surface area contributed by atoms with Gasteiger partial charge in [-0.15, -0.1) is 0 Å². The molecule has 26 heavy (non-hydrogen) atoms. The molecule has 1 amide bonds. The normalized spacial score (nSPS) is 11.4. The fourth-order valence-corrected chi connectivity index (χ4v) is 3.05. The Hall–Kier alpha value is -0.640. The maximum absolute atomic E-state index is 11.8. The molecule has 0 heterocycles. The Labute approximate surface area is 168 Å². The topological polar surface area (TPSA) is 41.1 Å². The van der Waals surface area contributed by atoms with Gasteiger partial charge >= 0.3 is 0 Å². The Balaban J connectivity index is 3.27. The van der Waals surface area contributed by atoms with Crippen LogP contribution in [0, 0.1) is 5.41 Å². The fraction of sp³-hybridized carbons (Fsp3) is 0.909. The summed E-state index contributed by atoms with van der Waals surface area (Å²) in [7, 11) is 0. The predicted molar refractivity (Wildman–Crippen MR) is 119 cm³/mol. The van der Waals surface area contributed by atoms with Crippen LogP contribution < -0.4 is 10.6 Å². The second-order valence-electron chi connectivity index (χ2n) is 8.56. The minimum atomic E-state index is -0.402. The first-order chi connectivity index (χ1) is 12.4. The number of hydrogen-bond acceptors (Lipinski definition) is 2. The summed E-state index contributed by atoms with van der Waals surface area (Å²) >= 11 is 5.16. The van der Waals surface area contributed by atoms with Crippen LogP contribution in [0.4, 0.5) is 0 Å². The first-order valence-corrected chi connectivity index (χ1v) is 11.4. The molecule has 0 rings (SSSR count). The zero-order chi connectivity index (χ0) is 19.7. The molecule has 3 nitrogen and oxygen atoms in total. The van der Waals surface area contributed by atoms with Crippen LogP contribution in [0.2, 0.25) is 0 Å². The Morgan fingerprint density at radius 1 is 0.731 bits per heavy atom. The van der Waals surface area contributed by atoms with Crippen LogP contribution in [-0.4, -0.2) is 17.6 Å². The molecule has 0 aromatic heterocycles. The van der Waals surface area contributed by atoms with Gasteiger partial charge in [-0.05, 0) is 18.6 Å². The number of rotatable bonds is 15. The van der Waals surface area contributed by atoms with E-state index in [9.17, 15) is 4.79 Å². The minimum Gasteiger partial charge on any atom is -0.362 e. The van der Waals surface area contributed by atoms with E-state index in [0.29, 0.717) is 5.11 Å². The molecule has 0 aliphatic heterocycles. The third-order valence-electron chi connectivity index (χ3n) is 4.72. The van der Waals surface area contributed by atoms with Gasteiger partial charge in [0.15, 0.2) is 5.11 Å². The highest BCUT2D eigenvalue weighted by Crippen LogP contribution is 2.13. The third-order valence-corrected chi connectivity index (χ3v) is 4.97. The van der Waals surface area contributed by atoms with Gasteiger partial charge in [0.1, 0.15) is 0 Å². The van der Waals surface area contributed by atoms with Crippen molar-refractivity contribution < 1.29 is 4.79 Å². The molecule has 0 aliphatic rings. The van der Waals surface area contributed by atoms with Crippen LogP contribution in [0.25, 0.3) is 0 Å². The summed E-state index contributed by atoms with van der Waals surface area (Å²) in [5.41, 5.74) is -0.402. The first kappa shape index (κ1) is 25.4. The number of thiocarbonyl (C=S) groups is 1. The predicted octanol–water partition coefficient (Wildman–Crippen LogP) is 6.50. The van der Waals surface area contributed by atoms with Gasteiger partial charge in [0.25, 0.3) is 0 Å². The number of unbranched alkanes of at least 4 members (excludes halogenated alkanes) is 13. The molecule has 0 bridgehead atoms. The van der Waals surface area contributed by atoms with E-state index in [2.05, 4.69) is 17.6 Å². The van der Waals surface area contributed by atoms with Crippen molar-refractivity contribution in [3.8, 4) is 0 Å². The number of carbonyl (C=O) groups excluding carboxylic acids is 1. The van der Waals surface area contributed by atoms with E-state index in [4.69, 9.17) is 12.2 Å². The second-order valence-corrected chi connectivity index (χ2v) is 8.96. The van der Waals surface area contributed by atoms with Gasteiger partial charge in [-0.1, -0.05) is 111 Å². The van der Waals surface area contributed by atoms with E-state index in [1.54, 1.807) is 0 Å². The number of amides is 1. The molecule has 0 spiro atoms. The summed E-state index contributed by atoms with van der Waals surface area (Å²) < 4.78 is 0. The lowest BCUT2D eigenvalue weighted by atomic mass is 9.96. The van der Waals surface area contributed by atoms with Gasteiger partial charge in [-0.2, -0.15) is 0 Å². The zero-order valence-electron chi connectivity index (χ0n) is 17.9. The highest BCUT2D eigenvalue weighted by atomic mass is 32.1. The van der Waals surface area contributed by atoms with Crippen molar-refractivity contribution in [3.05, 3.63) is 0 Å². The average molecular weight is 385 g/mol. The van der Waals surface area contributed by atoms with Crippen LogP contribution in [0.5, 0.6) is 0 Å². The summed E-state index contributed by atoms with van der Waals surface area (Å²) in [6.45, 7) is 8.79. The lowest BCUT2D eigenvalue weighted by molar-refractivity contribution is -0.126. The first-order valence-electron chi connectivity index (χ1n) is 11.0. The number of carbonyl (C=O) groups is 1. The monoisotopic (exact) mass is 384 g/mol. The minimum absolute atomic E-state index is 0.0315. The summed E-state index contributed by atoms with van der Waals surface area (Å²) in [5, 5.41) is 6.34. The molecule has 0 radical (unpaired) electrons. The fourth-order valence-electron chi connectivity index (χ4n) is 2.86. The van der Waals surface area contributed by atoms with Crippen LogP contribution in [0.1, 0.15) is 118 Å². The SMILES string of the molecule is CCCCCCCCCCCCCCCCNC(=S)NC(=O)C(C)(C)C. The summed E-state index contributed by atoms with van der Waals surface area (Å²) in [6, 6.07) is 0. The Morgan fingerprint density at radius 2 is 1.12 bits per heavy atom. The Kier molecular flexibility index (Phi) is 16.1. The molecule has 0 aromatic carbocycles. The van der Waals surface area contributed by atoms with Crippen molar-refractivity contribution in [1.82, 2.24) is 10.6 Å². The molecule has 0 aromatic rings. The van der Waals surface area contributed by atoms with Crippen molar-refractivity contribution >= 4 is 23.2 Å². The lowest BCUT2D eigenvalue weighted by Gasteiger charge is -2.18. The van der Waals surface area contributed by atoms with Crippen LogP contribution in [-0.2, 0) is 4.79 Å². The maximum atomic E-state index is 11.8. The molecular weight excluding hydrogens is 340 g/mol. The van der Waals surface area contributed by atoms with Gasteiger partial charge < -0.3 is 10.6 Å². The van der Waals surface area contributed by atoms with Crippen molar-refractivity contribution in [2.45, 2.75) is 118 Å². The van der Waals surface area contributed by atoms with Gasteiger partial charge in [-0.25, -0.2) is 0 Å². The van der Waals surface area contributed by atoms with Gasteiger partial charge in [0.05, 0.1) is 0 Å². The Bertz CT molecular complexity index is 364. The third kappa shape index (κ3) is 16.8. The van der Waals surface area contributed by atoms with E-state index in [1.165, 1.54) is 83.5 Å². The quantitative estimate of drug-likeness (QED) is 0.250. The van der Waals surface area contributed by atoms with Crippen molar-refractivity contribution in [3.63, 3.8) is 0 Å². The summed E-state index contributed by atoms with van der Waals surface area (Å²) in [5.74, 6) is -0.0315. The maximum Gasteiger partial charge on any atom is 0.231 e.